The molecule has 1 aromatic heterocycles. The molecule has 2 heterocycles. The fraction of sp³-hybridized carbons (Fsp3) is 0.286. The van der Waals surface area contributed by atoms with E-state index in [0.29, 0.717) is 0 Å². The first-order chi connectivity index (χ1) is 12.3. The van der Waals surface area contributed by atoms with Gasteiger partial charge < -0.3 is 10.0 Å². The SMILES string of the molecule is OC[C@@H]1CN(Cc2ccccc2)CCN1c1nccc2ccccc12. The minimum absolute atomic E-state index is 0.0655. The van der Waals surface area contributed by atoms with Crippen molar-refractivity contribution < 1.29 is 5.11 Å². The van der Waals surface area contributed by atoms with Crippen LogP contribution in [0.15, 0.2) is 66.9 Å². The van der Waals surface area contributed by atoms with Crippen LogP contribution in [0.1, 0.15) is 5.56 Å². The van der Waals surface area contributed by atoms with Crippen LogP contribution in [0.3, 0.4) is 0 Å². The van der Waals surface area contributed by atoms with Crippen molar-refractivity contribution in [3.8, 4) is 0 Å². The van der Waals surface area contributed by atoms with Gasteiger partial charge in [-0.3, -0.25) is 4.90 Å². The highest BCUT2D eigenvalue weighted by Gasteiger charge is 2.28. The Hall–Kier alpha value is -2.43. The summed E-state index contributed by atoms with van der Waals surface area (Å²) in [6.45, 7) is 3.75. The van der Waals surface area contributed by atoms with Crippen LogP contribution in [0.4, 0.5) is 5.82 Å². The molecule has 1 aliphatic rings. The summed E-state index contributed by atoms with van der Waals surface area (Å²) in [5.41, 5.74) is 1.32. The predicted molar refractivity (Wildman–Crippen MR) is 102 cm³/mol. The number of fused-ring (bicyclic) bond motifs is 1. The van der Waals surface area contributed by atoms with E-state index in [1.165, 1.54) is 10.9 Å². The Morgan fingerprint density at radius 3 is 2.60 bits per heavy atom. The minimum atomic E-state index is 0.0655. The normalized spacial score (nSPS) is 18.6. The van der Waals surface area contributed by atoms with Gasteiger partial charge in [-0.15, -0.1) is 0 Å². The van der Waals surface area contributed by atoms with Crippen molar-refractivity contribution in [2.75, 3.05) is 31.1 Å². The lowest BCUT2D eigenvalue weighted by Gasteiger charge is -2.41. The number of aliphatic hydroxyl groups is 1. The van der Waals surface area contributed by atoms with Crippen molar-refractivity contribution in [1.29, 1.82) is 0 Å². The summed E-state index contributed by atoms with van der Waals surface area (Å²) >= 11 is 0. The molecule has 4 nitrogen and oxygen atoms in total. The van der Waals surface area contributed by atoms with Crippen molar-refractivity contribution in [2.45, 2.75) is 12.6 Å². The molecule has 0 saturated carbocycles. The Bertz CT molecular complexity index is 831. The van der Waals surface area contributed by atoms with Crippen LogP contribution in [-0.4, -0.2) is 47.3 Å². The highest BCUT2D eigenvalue weighted by Crippen LogP contribution is 2.27. The minimum Gasteiger partial charge on any atom is -0.394 e. The Balaban J connectivity index is 1.56. The molecule has 0 unspecified atom stereocenters. The average Bonchev–Trinajstić information content (AvgIpc) is 2.68. The van der Waals surface area contributed by atoms with E-state index >= 15 is 0 Å². The maximum absolute atomic E-state index is 9.98. The van der Waals surface area contributed by atoms with Gasteiger partial charge in [0.1, 0.15) is 5.82 Å². The predicted octanol–water partition coefficient (Wildman–Crippen LogP) is 2.92. The standard InChI is InChI=1S/C21H23N3O/c25-16-19-15-23(14-17-6-2-1-3-7-17)12-13-24(19)21-20-9-5-4-8-18(20)10-11-22-21/h1-11,19,25H,12-16H2/t19-/m0/s1. The number of benzene rings is 2. The van der Waals surface area contributed by atoms with Gasteiger partial charge in [-0.25, -0.2) is 4.98 Å². The number of pyridine rings is 1. The quantitative estimate of drug-likeness (QED) is 0.797. The van der Waals surface area contributed by atoms with Gasteiger partial charge >= 0.3 is 0 Å². The van der Waals surface area contributed by atoms with E-state index in [1.54, 1.807) is 0 Å². The maximum Gasteiger partial charge on any atom is 0.136 e. The molecule has 4 rings (SSSR count). The molecule has 0 bridgehead atoms. The van der Waals surface area contributed by atoms with E-state index in [0.717, 1.165) is 37.4 Å². The number of hydrogen-bond acceptors (Lipinski definition) is 4. The lowest BCUT2D eigenvalue weighted by Crippen LogP contribution is -2.54. The Kier molecular flexibility index (Phi) is 4.63. The summed E-state index contributed by atoms with van der Waals surface area (Å²) in [6.07, 6.45) is 1.86. The molecule has 1 atom stereocenters. The van der Waals surface area contributed by atoms with Crippen molar-refractivity contribution in [1.82, 2.24) is 9.88 Å². The summed E-state index contributed by atoms with van der Waals surface area (Å²) in [5, 5.41) is 12.3. The van der Waals surface area contributed by atoms with Crippen LogP contribution in [0.5, 0.6) is 0 Å². The first-order valence-corrected chi connectivity index (χ1v) is 8.82. The molecule has 25 heavy (non-hydrogen) atoms. The fourth-order valence-electron chi connectivity index (χ4n) is 3.67. The van der Waals surface area contributed by atoms with E-state index < -0.39 is 0 Å². The molecule has 1 aliphatic heterocycles. The van der Waals surface area contributed by atoms with Crippen LogP contribution >= 0.6 is 0 Å². The number of aliphatic hydroxyl groups excluding tert-OH is 1. The average molecular weight is 333 g/mol. The van der Waals surface area contributed by atoms with E-state index in [-0.39, 0.29) is 12.6 Å². The van der Waals surface area contributed by atoms with Crippen LogP contribution < -0.4 is 4.90 Å². The van der Waals surface area contributed by atoms with Gasteiger partial charge in [-0.05, 0) is 17.0 Å². The Morgan fingerprint density at radius 1 is 0.960 bits per heavy atom. The zero-order chi connectivity index (χ0) is 17.1. The molecule has 0 aliphatic carbocycles. The second-order valence-corrected chi connectivity index (χ2v) is 6.61. The van der Waals surface area contributed by atoms with E-state index in [4.69, 9.17) is 0 Å². The smallest absolute Gasteiger partial charge is 0.136 e. The lowest BCUT2D eigenvalue weighted by atomic mass is 10.1. The van der Waals surface area contributed by atoms with Gasteiger partial charge in [0.25, 0.3) is 0 Å². The summed E-state index contributed by atoms with van der Waals surface area (Å²) in [7, 11) is 0. The van der Waals surface area contributed by atoms with Crippen molar-refractivity contribution in [3.05, 3.63) is 72.4 Å². The van der Waals surface area contributed by atoms with Gasteiger partial charge in [0, 0.05) is 37.8 Å². The lowest BCUT2D eigenvalue weighted by molar-refractivity contribution is 0.164. The molecule has 1 saturated heterocycles. The molecule has 0 amide bonds. The fourth-order valence-corrected chi connectivity index (χ4v) is 3.67. The Morgan fingerprint density at radius 2 is 1.76 bits per heavy atom. The van der Waals surface area contributed by atoms with E-state index in [2.05, 4.69) is 51.2 Å². The molecule has 3 aromatic rings. The van der Waals surface area contributed by atoms with Gasteiger partial charge in [-0.2, -0.15) is 0 Å². The first kappa shape index (κ1) is 16.1. The molecule has 1 N–H and O–H groups in total. The highest BCUT2D eigenvalue weighted by atomic mass is 16.3. The summed E-state index contributed by atoms with van der Waals surface area (Å²) in [4.78, 5) is 9.32. The molecule has 128 valence electrons. The zero-order valence-corrected chi connectivity index (χ0v) is 14.3. The third kappa shape index (κ3) is 3.36. The second kappa shape index (κ2) is 7.21. The Labute approximate surface area is 148 Å². The zero-order valence-electron chi connectivity index (χ0n) is 14.3. The molecule has 4 heteroatoms. The second-order valence-electron chi connectivity index (χ2n) is 6.61. The topological polar surface area (TPSA) is 39.6 Å². The van der Waals surface area contributed by atoms with Gasteiger partial charge in [-0.1, -0.05) is 54.6 Å². The van der Waals surface area contributed by atoms with Crippen LogP contribution in [0.2, 0.25) is 0 Å². The van der Waals surface area contributed by atoms with Crippen LogP contribution in [0.25, 0.3) is 10.8 Å². The third-order valence-corrected chi connectivity index (χ3v) is 4.95. The molecule has 0 radical (unpaired) electrons. The molecule has 0 spiro atoms. The van der Waals surface area contributed by atoms with Gasteiger partial charge in [0.05, 0.1) is 12.6 Å². The van der Waals surface area contributed by atoms with E-state index in [9.17, 15) is 5.11 Å². The summed E-state index contributed by atoms with van der Waals surface area (Å²) in [6, 6.07) is 20.9. The molecular formula is C21H23N3O. The number of rotatable bonds is 4. The van der Waals surface area contributed by atoms with E-state index in [1.807, 2.05) is 30.5 Å². The first-order valence-electron chi connectivity index (χ1n) is 8.82. The maximum atomic E-state index is 9.98. The highest BCUT2D eigenvalue weighted by molar-refractivity contribution is 5.92. The van der Waals surface area contributed by atoms with Crippen molar-refractivity contribution in [3.63, 3.8) is 0 Å². The monoisotopic (exact) mass is 333 g/mol. The van der Waals surface area contributed by atoms with Crippen molar-refractivity contribution >= 4 is 16.6 Å². The molecule has 2 aromatic carbocycles. The van der Waals surface area contributed by atoms with Gasteiger partial charge in [0.15, 0.2) is 0 Å². The number of hydrogen-bond donors (Lipinski definition) is 1. The van der Waals surface area contributed by atoms with Crippen molar-refractivity contribution in [2.24, 2.45) is 0 Å². The summed E-state index contributed by atoms with van der Waals surface area (Å²) in [5.74, 6) is 0.983. The van der Waals surface area contributed by atoms with Gasteiger partial charge in [0.2, 0.25) is 0 Å². The third-order valence-electron chi connectivity index (χ3n) is 4.95. The molecule has 1 fully saturated rings. The largest absolute Gasteiger partial charge is 0.394 e. The number of anilines is 1. The van der Waals surface area contributed by atoms with Crippen LogP contribution in [0, 0.1) is 0 Å². The van der Waals surface area contributed by atoms with Crippen LogP contribution in [-0.2, 0) is 6.54 Å². The molecular weight excluding hydrogens is 310 g/mol. The number of nitrogens with zero attached hydrogens (tertiary/aromatic N) is 3. The summed E-state index contributed by atoms with van der Waals surface area (Å²) < 4.78 is 0. The number of piperazine rings is 1. The number of aromatic nitrogens is 1.